The Kier molecular flexibility index (Phi) is 6.74. The number of H-pyrrole nitrogens is 1. The molecule has 1 aliphatic heterocycles. The monoisotopic (exact) mass is 420 g/mol. The standard InChI is InChI=1S/C24H28N4O3/c1-30-16-17-6-7-22(31-2)19(13-17)15-28-12-4-3-5-21(28)20-14-23(29)27-24(26-20)18-8-10-25-11-9-18/h6-11,13-14,21H,3-5,12,15-16H2,1-2H3,(H,26,27,29)/t21-/m0/s1. The molecule has 7 heteroatoms. The van der Waals surface area contributed by atoms with Crippen molar-refractivity contribution in [2.45, 2.75) is 38.5 Å². The summed E-state index contributed by atoms with van der Waals surface area (Å²) < 4.78 is 10.9. The number of pyridine rings is 1. The second kappa shape index (κ2) is 9.85. The highest BCUT2D eigenvalue weighted by Gasteiger charge is 2.27. The van der Waals surface area contributed by atoms with Gasteiger partial charge in [0.25, 0.3) is 5.56 Å². The van der Waals surface area contributed by atoms with E-state index in [4.69, 9.17) is 14.5 Å². The number of likely N-dealkylation sites (tertiary alicyclic amines) is 1. The van der Waals surface area contributed by atoms with Crippen LogP contribution in [0.25, 0.3) is 11.4 Å². The van der Waals surface area contributed by atoms with E-state index in [1.807, 2.05) is 24.3 Å². The van der Waals surface area contributed by atoms with Gasteiger partial charge in [-0.25, -0.2) is 4.98 Å². The number of nitrogens with one attached hydrogen (secondary N) is 1. The van der Waals surface area contributed by atoms with Crippen molar-refractivity contribution >= 4 is 0 Å². The second-order valence-electron chi connectivity index (χ2n) is 7.82. The lowest BCUT2D eigenvalue weighted by molar-refractivity contribution is 0.135. The van der Waals surface area contributed by atoms with Gasteiger partial charge in [-0.2, -0.15) is 0 Å². The van der Waals surface area contributed by atoms with Crippen molar-refractivity contribution in [3.8, 4) is 17.1 Å². The van der Waals surface area contributed by atoms with Crippen LogP contribution in [0.3, 0.4) is 0 Å². The Balaban J connectivity index is 1.65. The van der Waals surface area contributed by atoms with Crippen molar-refractivity contribution in [3.05, 3.63) is 76.0 Å². The van der Waals surface area contributed by atoms with E-state index in [-0.39, 0.29) is 11.6 Å². The summed E-state index contributed by atoms with van der Waals surface area (Å²) in [5.74, 6) is 1.44. The number of hydrogen-bond acceptors (Lipinski definition) is 6. The quantitative estimate of drug-likeness (QED) is 0.628. The lowest BCUT2D eigenvalue weighted by Gasteiger charge is -2.35. The van der Waals surface area contributed by atoms with Crippen LogP contribution in [-0.4, -0.2) is 40.6 Å². The van der Waals surface area contributed by atoms with Gasteiger partial charge < -0.3 is 14.5 Å². The average Bonchev–Trinajstić information content (AvgIpc) is 2.80. The number of methoxy groups -OCH3 is 2. The largest absolute Gasteiger partial charge is 0.496 e. The maximum atomic E-state index is 12.4. The molecular weight excluding hydrogens is 392 g/mol. The number of nitrogens with zero attached hydrogens (tertiary/aromatic N) is 3. The first-order valence-corrected chi connectivity index (χ1v) is 10.6. The summed E-state index contributed by atoms with van der Waals surface area (Å²) in [6, 6.07) is 11.6. The average molecular weight is 421 g/mol. The predicted octanol–water partition coefficient (Wildman–Crippen LogP) is 3.71. The molecule has 2 aromatic heterocycles. The zero-order chi connectivity index (χ0) is 21.6. The van der Waals surface area contributed by atoms with Gasteiger partial charge in [0.1, 0.15) is 11.6 Å². The van der Waals surface area contributed by atoms with Crippen LogP contribution in [-0.2, 0) is 17.9 Å². The zero-order valence-corrected chi connectivity index (χ0v) is 18.0. The van der Waals surface area contributed by atoms with Gasteiger partial charge in [0.2, 0.25) is 0 Å². The summed E-state index contributed by atoms with van der Waals surface area (Å²) in [6.07, 6.45) is 6.60. The minimum atomic E-state index is -0.137. The highest BCUT2D eigenvalue weighted by Crippen LogP contribution is 2.33. The third-order valence-corrected chi connectivity index (χ3v) is 5.70. The lowest BCUT2D eigenvalue weighted by atomic mass is 9.97. The van der Waals surface area contributed by atoms with Gasteiger partial charge in [0, 0.05) is 43.2 Å². The van der Waals surface area contributed by atoms with Gasteiger partial charge in [-0.05, 0) is 49.2 Å². The number of hydrogen-bond donors (Lipinski definition) is 1. The Morgan fingerprint density at radius 1 is 1.13 bits per heavy atom. The molecule has 1 saturated heterocycles. The predicted molar refractivity (Wildman–Crippen MR) is 119 cm³/mol. The van der Waals surface area contributed by atoms with Crippen molar-refractivity contribution in [1.29, 1.82) is 0 Å². The molecule has 0 saturated carbocycles. The number of rotatable bonds is 7. The third kappa shape index (κ3) is 5.00. The van der Waals surface area contributed by atoms with Crippen LogP contribution in [0.2, 0.25) is 0 Å². The fourth-order valence-corrected chi connectivity index (χ4v) is 4.24. The summed E-state index contributed by atoms with van der Waals surface area (Å²) in [5, 5.41) is 0. The van der Waals surface area contributed by atoms with Crippen molar-refractivity contribution < 1.29 is 9.47 Å². The van der Waals surface area contributed by atoms with E-state index in [1.54, 1.807) is 32.7 Å². The molecule has 3 heterocycles. The third-order valence-electron chi connectivity index (χ3n) is 5.70. The topological polar surface area (TPSA) is 80.3 Å². The van der Waals surface area contributed by atoms with Crippen LogP contribution in [0.4, 0.5) is 0 Å². The minimum Gasteiger partial charge on any atom is -0.496 e. The molecule has 0 bridgehead atoms. The van der Waals surface area contributed by atoms with Crippen LogP contribution < -0.4 is 10.3 Å². The Morgan fingerprint density at radius 2 is 1.97 bits per heavy atom. The van der Waals surface area contributed by atoms with E-state index < -0.39 is 0 Å². The molecule has 0 aliphatic carbocycles. The molecule has 1 aliphatic rings. The van der Waals surface area contributed by atoms with Gasteiger partial charge >= 0.3 is 0 Å². The summed E-state index contributed by atoms with van der Waals surface area (Å²) in [7, 11) is 3.39. The van der Waals surface area contributed by atoms with Crippen LogP contribution in [0, 0.1) is 0 Å². The van der Waals surface area contributed by atoms with Crippen LogP contribution in [0.1, 0.15) is 42.1 Å². The van der Waals surface area contributed by atoms with E-state index in [0.29, 0.717) is 12.4 Å². The first kappa shape index (κ1) is 21.2. The van der Waals surface area contributed by atoms with Crippen molar-refractivity contribution in [2.24, 2.45) is 0 Å². The Morgan fingerprint density at radius 3 is 2.74 bits per heavy atom. The van der Waals surface area contributed by atoms with Crippen LogP contribution in [0.5, 0.6) is 5.75 Å². The first-order valence-electron chi connectivity index (χ1n) is 10.6. The van der Waals surface area contributed by atoms with E-state index in [9.17, 15) is 4.79 Å². The van der Waals surface area contributed by atoms with E-state index in [2.05, 4.69) is 20.9 Å². The molecule has 1 fully saturated rings. The molecule has 0 radical (unpaired) electrons. The second-order valence-corrected chi connectivity index (χ2v) is 7.82. The first-order chi connectivity index (χ1) is 15.2. The highest BCUT2D eigenvalue weighted by molar-refractivity contribution is 5.53. The highest BCUT2D eigenvalue weighted by atomic mass is 16.5. The fraction of sp³-hybridized carbons (Fsp3) is 0.375. The molecule has 3 aromatic rings. The van der Waals surface area contributed by atoms with Gasteiger partial charge in [-0.15, -0.1) is 0 Å². The van der Waals surface area contributed by atoms with Gasteiger partial charge in [0.15, 0.2) is 0 Å². The Labute approximate surface area is 182 Å². The molecule has 1 atom stereocenters. The summed E-state index contributed by atoms with van der Waals surface area (Å²) >= 11 is 0. The van der Waals surface area contributed by atoms with E-state index >= 15 is 0 Å². The molecular formula is C24H28N4O3. The molecule has 1 N–H and O–H groups in total. The van der Waals surface area contributed by atoms with Crippen molar-refractivity contribution in [2.75, 3.05) is 20.8 Å². The molecule has 0 unspecified atom stereocenters. The number of aromatic amines is 1. The van der Waals surface area contributed by atoms with Crippen LogP contribution >= 0.6 is 0 Å². The van der Waals surface area contributed by atoms with Crippen molar-refractivity contribution in [3.63, 3.8) is 0 Å². The molecule has 7 nitrogen and oxygen atoms in total. The zero-order valence-electron chi connectivity index (χ0n) is 18.0. The summed E-state index contributed by atoms with van der Waals surface area (Å²) in [4.78, 5) is 26.6. The number of piperidine rings is 1. The van der Waals surface area contributed by atoms with Crippen LogP contribution in [0.15, 0.2) is 53.6 Å². The number of benzene rings is 1. The maximum absolute atomic E-state index is 12.4. The van der Waals surface area contributed by atoms with Crippen molar-refractivity contribution in [1.82, 2.24) is 19.9 Å². The molecule has 1 aromatic carbocycles. The molecule has 31 heavy (non-hydrogen) atoms. The minimum absolute atomic E-state index is 0.0763. The Hall–Kier alpha value is -3.03. The molecule has 0 spiro atoms. The molecule has 4 rings (SSSR count). The number of aromatic nitrogens is 3. The maximum Gasteiger partial charge on any atom is 0.251 e. The fourth-order valence-electron chi connectivity index (χ4n) is 4.24. The smallest absolute Gasteiger partial charge is 0.251 e. The lowest BCUT2D eigenvalue weighted by Crippen LogP contribution is -2.34. The molecule has 162 valence electrons. The summed E-state index contributed by atoms with van der Waals surface area (Å²) in [5.41, 5.74) is 3.75. The van der Waals surface area contributed by atoms with Gasteiger partial charge in [0.05, 0.1) is 25.5 Å². The van der Waals surface area contributed by atoms with E-state index in [1.165, 1.54) is 0 Å². The van der Waals surface area contributed by atoms with Gasteiger partial charge in [-0.3, -0.25) is 14.7 Å². The normalized spacial score (nSPS) is 16.9. The summed E-state index contributed by atoms with van der Waals surface area (Å²) in [6.45, 7) is 2.23. The number of ether oxygens (including phenoxy) is 2. The van der Waals surface area contributed by atoms with Gasteiger partial charge in [-0.1, -0.05) is 12.5 Å². The molecule has 0 amide bonds. The SMILES string of the molecule is COCc1ccc(OC)c(CN2CCCC[C@H]2c2cc(=O)[nH]c(-c3ccncc3)n2)c1. The Bertz CT molecular complexity index is 1070. The van der Waals surface area contributed by atoms with E-state index in [0.717, 1.165) is 60.5 Å².